The zero-order chi connectivity index (χ0) is 16.2. The van der Waals surface area contributed by atoms with Crippen molar-refractivity contribution in [3.63, 3.8) is 0 Å². The van der Waals surface area contributed by atoms with E-state index in [1.807, 2.05) is 0 Å². The van der Waals surface area contributed by atoms with Crippen molar-refractivity contribution in [3.05, 3.63) is 11.7 Å². The molecule has 126 valence electrons. The molecule has 0 radical (unpaired) electrons. The molecule has 0 atom stereocenters. The molecular formula is C16H24N4O3. The molecule has 3 rings (SSSR count). The van der Waals surface area contributed by atoms with Gasteiger partial charge >= 0.3 is 0 Å². The lowest BCUT2D eigenvalue weighted by molar-refractivity contribution is -0.121. The number of carbonyl (C=O) groups is 2. The lowest BCUT2D eigenvalue weighted by Crippen LogP contribution is -2.38. The lowest BCUT2D eigenvalue weighted by Gasteiger charge is -2.28. The van der Waals surface area contributed by atoms with Gasteiger partial charge in [-0.3, -0.25) is 9.59 Å². The molecule has 3 N–H and O–H groups in total. The minimum atomic E-state index is -0.0312. The first-order chi connectivity index (χ1) is 11.2. The fourth-order valence-corrected chi connectivity index (χ4v) is 3.14. The van der Waals surface area contributed by atoms with Gasteiger partial charge in [0.15, 0.2) is 0 Å². The summed E-state index contributed by atoms with van der Waals surface area (Å²) >= 11 is 0. The van der Waals surface area contributed by atoms with Crippen LogP contribution in [0.15, 0.2) is 4.52 Å². The summed E-state index contributed by atoms with van der Waals surface area (Å²) in [6, 6.07) is 0.215. The Morgan fingerprint density at radius 1 is 1.17 bits per heavy atom. The van der Waals surface area contributed by atoms with Gasteiger partial charge in [0.25, 0.3) is 0 Å². The number of nitrogens with one attached hydrogen (secondary N) is 1. The van der Waals surface area contributed by atoms with E-state index in [-0.39, 0.29) is 23.6 Å². The molecule has 1 aromatic rings. The van der Waals surface area contributed by atoms with E-state index in [9.17, 15) is 9.59 Å². The summed E-state index contributed by atoms with van der Waals surface area (Å²) in [5.41, 5.74) is 5.37. The monoisotopic (exact) mass is 320 g/mol. The largest absolute Gasteiger partial charge is 0.353 e. The second kappa shape index (κ2) is 7.21. The Morgan fingerprint density at radius 2 is 1.91 bits per heavy atom. The molecule has 0 saturated heterocycles. The molecule has 0 aromatic carbocycles. The van der Waals surface area contributed by atoms with Crippen LogP contribution in [-0.4, -0.2) is 34.4 Å². The summed E-state index contributed by atoms with van der Waals surface area (Å²) in [5, 5.41) is 6.82. The van der Waals surface area contributed by atoms with E-state index in [4.69, 9.17) is 10.3 Å². The molecule has 7 nitrogen and oxygen atoms in total. The number of aromatic nitrogens is 2. The third-order valence-corrected chi connectivity index (χ3v) is 4.68. The summed E-state index contributed by atoms with van der Waals surface area (Å²) in [6.07, 6.45) is 6.69. The van der Waals surface area contributed by atoms with Gasteiger partial charge in [0, 0.05) is 31.3 Å². The summed E-state index contributed by atoms with van der Waals surface area (Å²) in [5.74, 6) is 1.54. The molecule has 2 aliphatic carbocycles. The van der Waals surface area contributed by atoms with Crippen LogP contribution in [0.5, 0.6) is 0 Å². The maximum Gasteiger partial charge on any atom is 0.238 e. The highest BCUT2D eigenvalue weighted by molar-refractivity contribution is 5.92. The van der Waals surface area contributed by atoms with E-state index in [0.29, 0.717) is 37.1 Å². The minimum absolute atomic E-state index is 0.0198. The molecule has 1 aromatic heterocycles. The SMILES string of the molecule is NCCC(=O)NC1CCC(CC(=O)c2noc(C3CC3)n2)CC1. The van der Waals surface area contributed by atoms with E-state index in [1.54, 1.807) is 0 Å². The standard InChI is InChI=1S/C16H24N4O3/c17-8-7-14(22)18-12-5-1-10(2-6-12)9-13(21)15-19-16(23-20-15)11-3-4-11/h10-12H,1-9,17H2,(H,18,22). The van der Waals surface area contributed by atoms with Gasteiger partial charge in [-0.25, -0.2) is 0 Å². The van der Waals surface area contributed by atoms with Crippen LogP contribution in [0.2, 0.25) is 0 Å². The average Bonchev–Trinajstić information content (AvgIpc) is 3.26. The third-order valence-electron chi connectivity index (χ3n) is 4.68. The Bertz CT molecular complexity index is 559. The number of hydrogen-bond donors (Lipinski definition) is 2. The van der Waals surface area contributed by atoms with Gasteiger partial charge in [-0.15, -0.1) is 0 Å². The van der Waals surface area contributed by atoms with Crippen molar-refractivity contribution in [1.29, 1.82) is 0 Å². The predicted molar refractivity (Wildman–Crippen MR) is 82.8 cm³/mol. The topological polar surface area (TPSA) is 111 Å². The third kappa shape index (κ3) is 4.37. The van der Waals surface area contributed by atoms with Crippen LogP contribution >= 0.6 is 0 Å². The number of ketones is 1. The van der Waals surface area contributed by atoms with Crippen molar-refractivity contribution in [2.45, 2.75) is 63.3 Å². The van der Waals surface area contributed by atoms with Crippen LogP contribution in [-0.2, 0) is 4.79 Å². The maximum atomic E-state index is 12.2. The van der Waals surface area contributed by atoms with Crippen LogP contribution < -0.4 is 11.1 Å². The van der Waals surface area contributed by atoms with Gasteiger partial charge in [-0.1, -0.05) is 5.16 Å². The highest BCUT2D eigenvalue weighted by Gasteiger charge is 2.31. The smallest absolute Gasteiger partial charge is 0.238 e. The highest BCUT2D eigenvalue weighted by Crippen LogP contribution is 2.39. The zero-order valence-electron chi connectivity index (χ0n) is 13.3. The molecule has 0 aliphatic heterocycles. The Morgan fingerprint density at radius 3 is 2.57 bits per heavy atom. The van der Waals surface area contributed by atoms with Gasteiger partial charge in [-0.2, -0.15) is 4.98 Å². The molecule has 1 amide bonds. The molecule has 0 unspecified atom stereocenters. The number of nitrogens with two attached hydrogens (primary N) is 1. The first kappa shape index (κ1) is 16.1. The summed E-state index contributed by atoms with van der Waals surface area (Å²) in [6.45, 7) is 0.378. The number of rotatable bonds is 7. The van der Waals surface area contributed by atoms with Crippen LogP contribution in [0.3, 0.4) is 0 Å². The molecule has 23 heavy (non-hydrogen) atoms. The quantitative estimate of drug-likeness (QED) is 0.737. The van der Waals surface area contributed by atoms with Crippen LogP contribution in [0, 0.1) is 5.92 Å². The van der Waals surface area contributed by atoms with Crippen molar-refractivity contribution in [3.8, 4) is 0 Å². The van der Waals surface area contributed by atoms with Gasteiger partial charge < -0.3 is 15.6 Å². The van der Waals surface area contributed by atoms with E-state index in [2.05, 4.69) is 15.5 Å². The molecule has 1 heterocycles. The number of amides is 1. The average molecular weight is 320 g/mol. The fraction of sp³-hybridized carbons (Fsp3) is 0.750. The molecule has 2 saturated carbocycles. The van der Waals surface area contributed by atoms with Crippen molar-refractivity contribution < 1.29 is 14.1 Å². The van der Waals surface area contributed by atoms with Gasteiger partial charge in [0.2, 0.25) is 23.4 Å². The highest BCUT2D eigenvalue weighted by atomic mass is 16.5. The molecule has 0 bridgehead atoms. The van der Waals surface area contributed by atoms with Crippen molar-refractivity contribution in [1.82, 2.24) is 15.5 Å². The number of nitrogens with zero attached hydrogens (tertiary/aromatic N) is 2. The Labute approximate surface area is 135 Å². The van der Waals surface area contributed by atoms with E-state index in [0.717, 1.165) is 38.5 Å². The predicted octanol–water partition coefficient (Wildman–Crippen LogP) is 1.54. The van der Waals surface area contributed by atoms with E-state index in [1.165, 1.54) is 0 Å². The second-order valence-electron chi connectivity index (χ2n) is 6.68. The van der Waals surface area contributed by atoms with Gasteiger partial charge in [0.05, 0.1) is 0 Å². The first-order valence-electron chi connectivity index (χ1n) is 8.52. The van der Waals surface area contributed by atoms with Gasteiger partial charge in [0.1, 0.15) is 0 Å². The van der Waals surface area contributed by atoms with Crippen molar-refractivity contribution >= 4 is 11.7 Å². The summed E-state index contributed by atoms with van der Waals surface area (Å²) < 4.78 is 5.14. The van der Waals surface area contributed by atoms with Crippen LogP contribution in [0.1, 0.15) is 73.8 Å². The summed E-state index contributed by atoms with van der Waals surface area (Å²) in [7, 11) is 0. The molecular weight excluding hydrogens is 296 g/mol. The molecule has 2 aliphatic rings. The van der Waals surface area contributed by atoms with Crippen LogP contribution in [0.25, 0.3) is 0 Å². The van der Waals surface area contributed by atoms with E-state index < -0.39 is 0 Å². The number of Topliss-reactive ketones (excluding diaryl/α,β-unsaturated/α-hetero) is 1. The summed E-state index contributed by atoms with van der Waals surface area (Å²) in [4.78, 5) is 28.0. The molecule has 2 fully saturated rings. The molecule has 7 heteroatoms. The number of hydrogen-bond acceptors (Lipinski definition) is 6. The maximum absolute atomic E-state index is 12.2. The lowest BCUT2D eigenvalue weighted by atomic mass is 9.83. The fourth-order valence-electron chi connectivity index (χ4n) is 3.14. The Kier molecular flexibility index (Phi) is 5.05. The van der Waals surface area contributed by atoms with Crippen molar-refractivity contribution in [2.75, 3.05) is 6.54 Å². The minimum Gasteiger partial charge on any atom is -0.353 e. The first-order valence-corrected chi connectivity index (χ1v) is 8.52. The normalized spacial score (nSPS) is 24.4. The Hall–Kier alpha value is -1.76. The zero-order valence-corrected chi connectivity index (χ0v) is 13.3. The number of carbonyl (C=O) groups excluding carboxylic acids is 2. The van der Waals surface area contributed by atoms with Crippen LogP contribution in [0.4, 0.5) is 0 Å². The van der Waals surface area contributed by atoms with E-state index >= 15 is 0 Å². The van der Waals surface area contributed by atoms with Gasteiger partial charge in [-0.05, 0) is 44.4 Å². The van der Waals surface area contributed by atoms with Crippen molar-refractivity contribution in [2.24, 2.45) is 11.7 Å². The second-order valence-corrected chi connectivity index (χ2v) is 6.68. The molecule has 0 spiro atoms. The Balaban J connectivity index is 1.42.